The Balaban J connectivity index is 2.30. The molecule has 2 rings (SSSR count). The second kappa shape index (κ2) is 6.40. The Morgan fingerprint density at radius 3 is 2.89 bits per heavy atom. The molecule has 0 radical (unpaired) electrons. The van der Waals surface area contributed by atoms with Gasteiger partial charge in [-0.05, 0) is 56.3 Å². The van der Waals surface area contributed by atoms with Gasteiger partial charge < -0.3 is 5.32 Å². The molecule has 1 N–H and O–H groups in total. The van der Waals surface area contributed by atoms with E-state index >= 15 is 0 Å². The lowest BCUT2D eigenvalue weighted by atomic mass is 9.94. The molecule has 0 saturated heterocycles. The molecule has 98 valence electrons. The molecule has 1 aliphatic rings. The van der Waals surface area contributed by atoms with Crippen LogP contribution < -0.4 is 5.32 Å². The highest BCUT2D eigenvalue weighted by molar-refractivity contribution is 6.31. The first-order chi connectivity index (χ1) is 8.74. The maximum atomic E-state index is 6.25. The first kappa shape index (κ1) is 13.6. The Kier molecular flexibility index (Phi) is 4.85. The van der Waals surface area contributed by atoms with Crippen LogP contribution >= 0.6 is 11.6 Å². The van der Waals surface area contributed by atoms with E-state index in [1.54, 1.807) is 0 Å². The lowest BCUT2D eigenvalue weighted by Crippen LogP contribution is -2.24. The number of hydrogen-bond acceptors (Lipinski definition) is 1. The van der Waals surface area contributed by atoms with Crippen molar-refractivity contribution in [3.8, 4) is 0 Å². The lowest BCUT2D eigenvalue weighted by molar-refractivity contribution is 0.576. The average molecular weight is 264 g/mol. The molecule has 1 unspecified atom stereocenters. The Bertz CT molecular complexity index is 437. The molecular weight excluding hydrogens is 242 g/mol. The monoisotopic (exact) mass is 263 g/mol. The van der Waals surface area contributed by atoms with E-state index < -0.39 is 0 Å². The smallest absolute Gasteiger partial charge is 0.0539 e. The maximum absolute atomic E-state index is 6.25. The Hall–Kier alpha value is -0.790. The van der Waals surface area contributed by atoms with Crippen molar-refractivity contribution < 1.29 is 0 Å². The molecule has 0 bridgehead atoms. The first-order valence-electron chi connectivity index (χ1n) is 6.91. The van der Waals surface area contributed by atoms with Crippen molar-refractivity contribution in [2.24, 2.45) is 0 Å². The van der Waals surface area contributed by atoms with Crippen LogP contribution in [-0.2, 0) is 0 Å². The standard InChI is InChI=1S/C16H22ClN/c1-3-11-18-16(13-7-4-5-8-13)14-9-6-10-15(17)12(14)2/h6-7,9-10,16,18H,3-5,8,11H2,1-2H3. The third-order valence-electron chi connectivity index (χ3n) is 3.67. The van der Waals surface area contributed by atoms with E-state index in [0.717, 1.165) is 18.0 Å². The van der Waals surface area contributed by atoms with E-state index in [-0.39, 0.29) is 0 Å². The average Bonchev–Trinajstić information content (AvgIpc) is 2.88. The van der Waals surface area contributed by atoms with E-state index in [2.05, 4.69) is 37.4 Å². The summed E-state index contributed by atoms with van der Waals surface area (Å²) < 4.78 is 0. The van der Waals surface area contributed by atoms with Crippen molar-refractivity contribution in [3.63, 3.8) is 0 Å². The lowest BCUT2D eigenvalue weighted by Gasteiger charge is -2.23. The molecule has 0 aliphatic heterocycles. The molecule has 1 aromatic carbocycles. The largest absolute Gasteiger partial charge is 0.307 e. The first-order valence-corrected chi connectivity index (χ1v) is 7.29. The van der Waals surface area contributed by atoms with Crippen molar-refractivity contribution in [2.45, 2.75) is 45.6 Å². The molecule has 18 heavy (non-hydrogen) atoms. The molecule has 0 heterocycles. The molecule has 0 aromatic heterocycles. The summed E-state index contributed by atoms with van der Waals surface area (Å²) in [6, 6.07) is 6.58. The highest BCUT2D eigenvalue weighted by atomic mass is 35.5. The van der Waals surface area contributed by atoms with Gasteiger partial charge in [-0.15, -0.1) is 0 Å². The fourth-order valence-electron chi connectivity index (χ4n) is 2.62. The topological polar surface area (TPSA) is 12.0 Å². The molecule has 0 fully saturated rings. The molecule has 1 aromatic rings. The SMILES string of the molecule is CCCNC(C1=CCCC1)c1cccc(Cl)c1C. The van der Waals surface area contributed by atoms with Gasteiger partial charge in [0, 0.05) is 5.02 Å². The van der Waals surface area contributed by atoms with Crippen LogP contribution in [0.2, 0.25) is 5.02 Å². The quantitative estimate of drug-likeness (QED) is 0.753. The number of halogens is 1. The summed E-state index contributed by atoms with van der Waals surface area (Å²) in [7, 11) is 0. The fourth-order valence-corrected chi connectivity index (χ4v) is 2.81. The van der Waals surface area contributed by atoms with Gasteiger partial charge in [-0.3, -0.25) is 0 Å². The summed E-state index contributed by atoms with van der Waals surface area (Å²) >= 11 is 6.25. The van der Waals surface area contributed by atoms with E-state index in [0.29, 0.717) is 6.04 Å². The third kappa shape index (κ3) is 2.96. The van der Waals surface area contributed by atoms with Gasteiger partial charge in [0.25, 0.3) is 0 Å². The van der Waals surface area contributed by atoms with Crippen molar-refractivity contribution in [3.05, 3.63) is 46.0 Å². The van der Waals surface area contributed by atoms with E-state index in [1.807, 2.05) is 6.07 Å². The van der Waals surface area contributed by atoms with Crippen LogP contribution in [0.3, 0.4) is 0 Å². The van der Waals surface area contributed by atoms with Crippen LogP contribution in [-0.4, -0.2) is 6.54 Å². The minimum atomic E-state index is 0.353. The zero-order valence-electron chi connectivity index (χ0n) is 11.3. The zero-order chi connectivity index (χ0) is 13.0. The van der Waals surface area contributed by atoms with Gasteiger partial charge in [-0.1, -0.05) is 42.3 Å². The number of rotatable bonds is 5. The van der Waals surface area contributed by atoms with Gasteiger partial charge >= 0.3 is 0 Å². The second-order valence-electron chi connectivity index (χ2n) is 5.01. The number of allylic oxidation sites excluding steroid dienone is 1. The van der Waals surface area contributed by atoms with E-state index in [4.69, 9.17) is 11.6 Å². The molecule has 2 heteroatoms. The predicted molar refractivity (Wildman–Crippen MR) is 79.2 cm³/mol. The van der Waals surface area contributed by atoms with Gasteiger partial charge in [0.1, 0.15) is 0 Å². The van der Waals surface area contributed by atoms with Crippen LogP contribution in [0.5, 0.6) is 0 Å². The minimum Gasteiger partial charge on any atom is -0.307 e. The van der Waals surface area contributed by atoms with Gasteiger partial charge in [0.2, 0.25) is 0 Å². The van der Waals surface area contributed by atoms with Gasteiger partial charge in [0.15, 0.2) is 0 Å². The van der Waals surface area contributed by atoms with Gasteiger partial charge in [-0.2, -0.15) is 0 Å². The summed E-state index contributed by atoms with van der Waals surface area (Å²) in [5.41, 5.74) is 4.08. The molecular formula is C16H22ClN. The normalized spacial score (nSPS) is 16.7. The van der Waals surface area contributed by atoms with E-state index in [9.17, 15) is 0 Å². The highest BCUT2D eigenvalue weighted by Gasteiger charge is 2.20. The van der Waals surface area contributed by atoms with Gasteiger partial charge in [-0.25, -0.2) is 0 Å². The number of benzene rings is 1. The van der Waals surface area contributed by atoms with Crippen molar-refractivity contribution >= 4 is 11.6 Å². The second-order valence-corrected chi connectivity index (χ2v) is 5.42. The summed E-state index contributed by atoms with van der Waals surface area (Å²) in [6.45, 7) is 5.37. The third-order valence-corrected chi connectivity index (χ3v) is 4.08. The summed E-state index contributed by atoms with van der Waals surface area (Å²) in [4.78, 5) is 0. The molecule has 1 nitrogen and oxygen atoms in total. The Morgan fingerprint density at radius 2 is 2.22 bits per heavy atom. The number of nitrogens with one attached hydrogen (secondary N) is 1. The fraction of sp³-hybridized carbons (Fsp3) is 0.500. The Morgan fingerprint density at radius 1 is 1.39 bits per heavy atom. The Labute approximate surface area is 115 Å². The van der Waals surface area contributed by atoms with E-state index in [1.165, 1.54) is 36.0 Å². The zero-order valence-corrected chi connectivity index (χ0v) is 12.1. The van der Waals surface area contributed by atoms with Crippen LogP contribution in [0, 0.1) is 6.92 Å². The molecule has 1 aliphatic carbocycles. The summed E-state index contributed by atoms with van der Waals surface area (Å²) in [5, 5.41) is 4.54. The summed E-state index contributed by atoms with van der Waals surface area (Å²) in [5.74, 6) is 0. The summed E-state index contributed by atoms with van der Waals surface area (Å²) in [6.07, 6.45) is 7.28. The minimum absolute atomic E-state index is 0.353. The molecule has 0 amide bonds. The molecule has 0 saturated carbocycles. The van der Waals surface area contributed by atoms with Crippen molar-refractivity contribution in [1.82, 2.24) is 5.32 Å². The highest BCUT2D eigenvalue weighted by Crippen LogP contribution is 2.34. The number of hydrogen-bond donors (Lipinski definition) is 1. The van der Waals surface area contributed by atoms with Crippen molar-refractivity contribution in [1.29, 1.82) is 0 Å². The predicted octanol–water partition coefficient (Wildman–Crippen LogP) is 4.80. The van der Waals surface area contributed by atoms with Crippen molar-refractivity contribution in [2.75, 3.05) is 6.54 Å². The van der Waals surface area contributed by atoms with Crippen LogP contribution in [0.1, 0.15) is 49.8 Å². The maximum Gasteiger partial charge on any atom is 0.0539 e. The molecule has 0 spiro atoms. The van der Waals surface area contributed by atoms with Crippen LogP contribution in [0.25, 0.3) is 0 Å². The van der Waals surface area contributed by atoms with Crippen LogP contribution in [0.15, 0.2) is 29.8 Å². The van der Waals surface area contributed by atoms with Crippen LogP contribution in [0.4, 0.5) is 0 Å². The van der Waals surface area contributed by atoms with Gasteiger partial charge in [0.05, 0.1) is 6.04 Å². The molecule has 1 atom stereocenters.